The van der Waals surface area contributed by atoms with Gasteiger partial charge in [-0.15, -0.1) is 0 Å². The molecule has 0 radical (unpaired) electrons. The minimum absolute atomic E-state index is 0. The van der Waals surface area contributed by atoms with Gasteiger partial charge in [-0.05, 0) is 0 Å². The molecule has 21 heteroatoms. The molecule has 0 bridgehead atoms. The van der Waals surface area contributed by atoms with Gasteiger partial charge in [0.25, 0.3) is 0 Å². The van der Waals surface area contributed by atoms with Crippen molar-refractivity contribution in [3.63, 3.8) is 0 Å². The first-order valence-corrected chi connectivity index (χ1v) is 6.57. The van der Waals surface area contributed by atoms with Crippen LogP contribution in [0.2, 0.25) is 0 Å². The number of hydrogen-bond acceptors (Lipinski definition) is 12. The molecule has 0 amide bonds. The van der Waals surface area contributed by atoms with E-state index in [2.05, 4.69) is 0 Å². The van der Waals surface area contributed by atoms with Crippen molar-refractivity contribution in [2.45, 2.75) is 0 Å². The van der Waals surface area contributed by atoms with Crippen LogP contribution in [0.25, 0.3) is 0 Å². The Hall–Kier alpha value is 6.56. The third kappa shape index (κ3) is 372. The van der Waals surface area contributed by atoms with Gasteiger partial charge in [-0.3, -0.25) is 0 Å². The third-order valence-electron chi connectivity index (χ3n) is 0. The molecule has 0 unspecified atom stereocenters. The Morgan fingerprint density at radius 3 is 0.381 bits per heavy atom. The van der Waals surface area contributed by atoms with Crippen LogP contribution < -0.4 is 48.7 Å². The largest absolute Gasteiger partial charge is 2.00 e. The average Bonchev–Trinajstić information content (AvgIpc) is 1.41. The molecule has 0 aliphatic rings. The summed E-state index contributed by atoms with van der Waals surface area (Å²) in [5.74, 6) is 0. The minimum Gasteiger partial charge on any atom is -1.00 e. The van der Waals surface area contributed by atoms with Gasteiger partial charge in [0.2, 0.25) is 0 Å². The zero-order chi connectivity index (χ0) is 13.5. The molecule has 21 heavy (non-hydrogen) atoms. The van der Waals surface area contributed by atoms with Crippen LogP contribution >= 0.6 is 23.5 Å². The van der Waals surface area contributed by atoms with Crippen molar-refractivity contribution in [1.82, 2.24) is 0 Å². The molecule has 0 saturated carbocycles. The van der Waals surface area contributed by atoms with E-state index in [-0.39, 0.29) is 193 Å². The summed E-state index contributed by atoms with van der Waals surface area (Å²) in [5, 5.41) is 0. The number of halogens is 1. The summed E-state index contributed by atoms with van der Waals surface area (Å²) in [6, 6.07) is 0. The molecular formula is Ca5FO12P3. The van der Waals surface area contributed by atoms with Crippen molar-refractivity contribution in [3.8, 4) is 0 Å². The first kappa shape index (κ1) is 56.4. The van der Waals surface area contributed by atoms with Gasteiger partial charge >= 0.3 is 189 Å². The minimum atomic E-state index is -5.39. The SMILES string of the molecule is O=P([O-])([O-])[O-].O=P([O-])([O-])[O-].O=P([O-])([O-])[O-].[Ca+2].[Ca+2].[Ca+2].[Ca+2].[Ca+2].[F-]. The predicted octanol–water partition coefficient (Wildman–Crippen LogP) is -13.4. The molecule has 0 aromatic rings. The second-order valence-electron chi connectivity index (χ2n) is 1.34. The van der Waals surface area contributed by atoms with Crippen molar-refractivity contribution in [3.05, 3.63) is 0 Å². The van der Waals surface area contributed by atoms with Crippen LogP contribution in [0, 0.1) is 0 Å². The normalized spacial score (nSPS) is 8.43. The standard InChI is InChI=1S/5Ca.FH.3H3O4P/c;;;;;;3*1-5(2,3)4/h;;;;;1H;3*(H3,1,2,3,4)/q5*+2;;;;/p-10. The summed E-state index contributed by atoms with van der Waals surface area (Å²) in [5.41, 5.74) is 0. The number of hydrogen-bond donors (Lipinski definition) is 0. The zero-order valence-corrected chi connectivity index (χ0v) is 23.9. The van der Waals surface area contributed by atoms with Gasteiger partial charge in [-0.25, -0.2) is 0 Å². The Bertz CT molecular complexity index is 219. The molecule has 0 N–H and O–H groups in total. The second-order valence-corrected chi connectivity index (χ2v) is 4.02. The Labute approximate surface area is 267 Å². The fourth-order valence-corrected chi connectivity index (χ4v) is 0. The molecule has 0 heterocycles. The van der Waals surface area contributed by atoms with Gasteiger partial charge in [-0.2, -0.15) is 23.5 Å². The molecule has 0 rings (SSSR count). The molecule has 0 fully saturated rings. The fraction of sp³-hybridized carbons (Fsp3) is 0. The van der Waals surface area contributed by atoms with Crippen molar-refractivity contribution in [2.75, 3.05) is 0 Å². The van der Waals surface area contributed by atoms with Crippen molar-refractivity contribution in [2.24, 2.45) is 0 Å². The van der Waals surface area contributed by atoms with Crippen LogP contribution in [-0.2, 0) is 13.7 Å². The maximum absolute atomic E-state index is 8.55. The molecule has 0 aliphatic carbocycles. The summed E-state index contributed by atoms with van der Waals surface area (Å²) in [6.07, 6.45) is 0. The molecule has 0 saturated heterocycles. The fourth-order valence-electron chi connectivity index (χ4n) is 0. The summed E-state index contributed by atoms with van der Waals surface area (Å²) < 4.78 is 25.6. The molecule has 0 atom stereocenters. The van der Waals surface area contributed by atoms with E-state index < -0.39 is 23.5 Å². The molecule has 0 spiro atoms. The van der Waals surface area contributed by atoms with E-state index in [0.717, 1.165) is 0 Å². The average molecular weight is 504 g/mol. The van der Waals surface area contributed by atoms with Crippen molar-refractivity contribution in [1.29, 1.82) is 0 Å². The van der Waals surface area contributed by atoms with E-state index in [9.17, 15) is 0 Å². The van der Waals surface area contributed by atoms with Crippen molar-refractivity contribution < 1.29 is 62.4 Å². The van der Waals surface area contributed by atoms with E-state index in [1.807, 2.05) is 0 Å². The van der Waals surface area contributed by atoms with E-state index in [1.54, 1.807) is 0 Å². The maximum Gasteiger partial charge on any atom is 2.00 e. The third-order valence-corrected chi connectivity index (χ3v) is 0. The van der Waals surface area contributed by atoms with Crippen LogP contribution in [0.3, 0.4) is 0 Å². The van der Waals surface area contributed by atoms with Crippen LogP contribution in [0.4, 0.5) is 0 Å². The maximum atomic E-state index is 8.55. The molecule has 0 aromatic carbocycles. The zero-order valence-electron chi connectivity index (χ0n) is 10.2. The summed E-state index contributed by atoms with van der Waals surface area (Å²) in [7, 11) is -16.2. The van der Waals surface area contributed by atoms with E-state index in [1.165, 1.54) is 0 Å². The van der Waals surface area contributed by atoms with Crippen molar-refractivity contribution >= 4 is 212 Å². The molecular weight excluding hydrogens is 504 g/mol. The summed E-state index contributed by atoms with van der Waals surface area (Å²) in [4.78, 5) is 76.9. The first-order chi connectivity index (χ1) is 6.00. The van der Waals surface area contributed by atoms with Crippen LogP contribution in [0.5, 0.6) is 0 Å². The topological polar surface area (TPSA) is 259 Å². The van der Waals surface area contributed by atoms with Crippen LogP contribution in [0.1, 0.15) is 0 Å². The van der Waals surface area contributed by atoms with Gasteiger partial charge in [-0.1, -0.05) is 0 Å². The van der Waals surface area contributed by atoms with Gasteiger partial charge in [0.05, 0.1) is 0 Å². The van der Waals surface area contributed by atoms with Gasteiger partial charge in [0, 0.05) is 0 Å². The summed E-state index contributed by atoms with van der Waals surface area (Å²) >= 11 is 0. The van der Waals surface area contributed by atoms with E-state index >= 15 is 0 Å². The smallest absolute Gasteiger partial charge is 1.00 e. The van der Waals surface area contributed by atoms with E-state index in [4.69, 9.17) is 57.7 Å². The Balaban J connectivity index is -0.0000000129. The Morgan fingerprint density at radius 2 is 0.381 bits per heavy atom. The monoisotopic (exact) mass is 504 g/mol. The number of rotatable bonds is 0. The molecule has 0 aliphatic heterocycles. The predicted molar refractivity (Wildman–Crippen MR) is 51.6 cm³/mol. The van der Waals surface area contributed by atoms with Crippen LogP contribution in [-0.4, -0.2) is 189 Å². The molecule has 0 aromatic heterocycles. The second kappa shape index (κ2) is 28.8. The first-order valence-electron chi connectivity index (χ1n) is 2.19. The quantitative estimate of drug-likeness (QED) is 0.220. The van der Waals surface area contributed by atoms with Gasteiger partial charge < -0.3 is 62.4 Å². The molecule has 104 valence electrons. The Morgan fingerprint density at radius 1 is 0.381 bits per heavy atom. The summed E-state index contributed by atoms with van der Waals surface area (Å²) in [6.45, 7) is 0. The number of phosphoric acid groups is 3. The Kier molecular flexibility index (Phi) is 77.3. The van der Waals surface area contributed by atoms with Crippen LogP contribution in [0.15, 0.2) is 0 Å². The van der Waals surface area contributed by atoms with E-state index in [0.29, 0.717) is 0 Å². The van der Waals surface area contributed by atoms with Gasteiger partial charge in [0.1, 0.15) is 0 Å². The van der Waals surface area contributed by atoms with Gasteiger partial charge in [0.15, 0.2) is 0 Å². The molecule has 12 nitrogen and oxygen atoms in total.